The van der Waals surface area contributed by atoms with E-state index >= 15 is 0 Å². The van der Waals surface area contributed by atoms with E-state index in [0.717, 1.165) is 12.3 Å². The Labute approximate surface area is 177 Å². The van der Waals surface area contributed by atoms with E-state index in [2.05, 4.69) is 20.6 Å². The summed E-state index contributed by atoms with van der Waals surface area (Å²) in [6.07, 6.45) is 0.124. The molecule has 1 aliphatic carbocycles. The van der Waals surface area contributed by atoms with Crippen molar-refractivity contribution < 1.29 is 23.0 Å². The van der Waals surface area contributed by atoms with Crippen molar-refractivity contribution in [3.63, 3.8) is 0 Å². The molecule has 1 aliphatic rings. The third-order valence-electron chi connectivity index (χ3n) is 5.38. The monoisotopic (exact) mass is 436 g/mol. The standard InChI is InChI=1S/C20H23F3N6O2/c1-12-7-16(20(21,22)23)14(11-29(12)31)10-26-18-25-9-13(8-24)17(28-18)27-15-3-5-19(2,30)6-4-15/h7,9,11,15,30H,3-6,10H2,1-2H3,(H2,25,26,27,28)/t15-,19+. The molecule has 31 heavy (non-hydrogen) atoms. The molecule has 3 N–H and O–H groups in total. The molecule has 2 aromatic heterocycles. The van der Waals surface area contributed by atoms with Gasteiger partial charge in [0, 0.05) is 31.1 Å². The molecule has 0 unspecified atom stereocenters. The SMILES string of the molecule is Cc1cc(C(F)(F)F)c(CNc2ncc(C#N)c(N[C@H]3CC[C@@](C)(O)CC3)n2)c[n+]1[O-]. The molecule has 3 rings (SSSR count). The van der Waals surface area contributed by atoms with Crippen LogP contribution in [0.1, 0.15) is 55.0 Å². The average molecular weight is 436 g/mol. The van der Waals surface area contributed by atoms with E-state index in [-0.39, 0.29) is 41.2 Å². The number of nitrogens with one attached hydrogen (secondary N) is 2. The average Bonchev–Trinajstić information content (AvgIpc) is 2.69. The van der Waals surface area contributed by atoms with Crippen LogP contribution in [0.25, 0.3) is 0 Å². The largest absolute Gasteiger partial charge is 0.618 e. The molecule has 0 spiro atoms. The highest BCUT2D eigenvalue weighted by Crippen LogP contribution is 2.32. The molecule has 0 radical (unpaired) electrons. The topological polar surface area (TPSA) is 121 Å². The third-order valence-corrected chi connectivity index (χ3v) is 5.38. The van der Waals surface area contributed by atoms with E-state index < -0.39 is 17.3 Å². The highest BCUT2D eigenvalue weighted by molar-refractivity contribution is 5.54. The fraction of sp³-hybridized carbons (Fsp3) is 0.500. The smallest absolute Gasteiger partial charge is 0.417 e. The normalized spacial score (nSPS) is 21.4. The number of pyridine rings is 1. The summed E-state index contributed by atoms with van der Waals surface area (Å²) >= 11 is 0. The molecule has 0 bridgehead atoms. The second-order valence-electron chi connectivity index (χ2n) is 8.01. The van der Waals surface area contributed by atoms with Crippen molar-refractivity contribution in [2.24, 2.45) is 0 Å². The van der Waals surface area contributed by atoms with E-state index in [4.69, 9.17) is 0 Å². The number of alkyl halides is 3. The molecule has 0 aliphatic heterocycles. The van der Waals surface area contributed by atoms with E-state index in [1.165, 1.54) is 13.1 Å². The maximum absolute atomic E-state index is 13.3. The van der Waals surface area contributed by atoms with Crippen LogP contribution in [0.4, 0.5) is 24.9 Å². The van der Waals surface area contributed by atoms with Crippen LogP contribution in [0.3, 0.4) is 0 Å². The predicted octanol–water partition coefficient (Wildman–Crippen LogP) is 3.03. The van der Waals surface area contributed by atoms with E-state index in [1.807, 2.05) is 6.07 Å². The summed E-state index contributed by atoms with van der Waals surface area (Å²) in [6, 6.07) is 2.79. The minimum Gasteiger partial charge on any atom is -0.618 e. The second-order valence-corrected chi connectivity index (χ2v) is 8.01. The van der Waals surface area contributed by atoms with Gasteiger partial charge in [-0.05, 0) is 32.6 Å². The summed E-state index contributed by atoms with van der Waals surface area (Å²) in [7, 11) is 0. The Balaban J connectivity index is 1.77. The molecule has 2 aromatic rings. The van der Waals surface area contributed by atoms with Crippen LogP contribution in [0, 0.1) is 23.5 Å². The molecule has 0 saturated heterocycles. The molecule has 0 atom stereocenters. The molecule has 2 heterocycles. The van der Waals surface area contributed by atoms with Crippen molar-refractivity contribution in [1.82, 2.24) is 9.97 Å². The summed E-state index contributed by atoms with van der Waals surface area (Å²) in [5, 5.41) is 37.0. The number of anilines is 2. The zero-order chi connectivity index (χ0) is 22.8. The molecule has 11 heteroatoms. The number of aromatic nitrogens is 3. The van der Waals surface area contributed by atoms with Crippen molar-refractivity contribution in [2.75, 3.05) is 10.6 Å². The van der Waals surface area contributed by atoms with Crippen molar-refractivity contribution >= 4 is 11.8 Å². The molecule has 0 aromatic carbocycles. The van der Waals surface area contributed by atoms with Gasteiger partial charge in [-0.3, -0.25) is 0 Å². The number of aryl methyl sites for hydroxylation is 1. The first-order valence-corrected chi connectivity index (χ1v) is 9.78. The fourth-order valence-corrected chi connectivity index (χ4v) is 3.49. The number of rotatable bonds is 5. The van der Waals surface area contributed by atoms with Crippen molar-refractivity contribution in [2.45, 2.75) is 63.9 Å². The van der Waals surface area contributed by atoms with Gasteiger partial charge >= 0.3 is 6.18 Å². The van der Waals surface area contributed by atoms with Crippen LogP contribution in [-0.2, 0) is 12.7 Å². The van der Waals surface area contributed by atoms with Crippen LogP contribution in [0.15, 0.2) is 18.5 Å². The van der Waals surface area contributed by atoms with Gasteiger partial charge in [0.2, 0.25) is 5.95 Å². The van der Waals surface area contributed by atoms with E-state index in [0.29, 0.717) is 30.4 Å². The summed E-state index contributed by atoms with van der Waals surface area (Å²) in [6.45, 7) is 2.75. The first-order valence-electron chi connectivity index (χ1n) is 9.78. The van der Waals surface area contributed by atoms with E-state index in [9.17, 15) is 28.7 Å². The maximum Gasteiger partial charge on any atom is 0.417 e. The maximum atomic E-state index is 13.3. The number of aliphatic hydroxyl groups is 1. The van der Waals surface area contributed by atoms with Gasteiger partial charge in [-0.2, -0.15) is 28.1 Å². The lowest BCUT2D eigenvalue weighted by molar-refractivity contribution is -0.613. The van der Waals surface area contributed by atoms with Crippen molar-refractivity contribution in [3.8, 4) is 6.07 Å². The van der Waals surface area contributed by atoms with Crippen molar-refractivity contribution in [3.05, 3.63) is 46.1 Å². The Morgan fingerprint density at radius 1 is 1.39 bits per heavy atom. The number of nitrogens with zero attached hydrogens (tertiary/aromatic N) is 4. The zero-order valence-corrected chi connectivity index (χ0v) is 17.1. The Morgan fingerprint density at radius 2 is 2.06 bits per heavy atom. The minimum atomic E-state index is -4.61. The molecule has 8 nitrogen and oxygen atoms in total. The number of hydrogen-bond donors (Lipinski definition) is 3. The molecule has 1 saturated carbocycles. The van der Waals surface area contributed by atoms with Gasteiger partial charge in [0.15, 0.2) is 11.9 Å². The van der Waals surface area contributed by atoms with Crippen LogP contribution in [-0.4, -0.2) is 26.7 Å². The minimum absolute atomic E-state index is 0.00317. The van der Waals surface area contributed by atoms with Crippen LogP contribution in [0.2, 0.25) is 0 Å². The molecular formula is C20H23F3N6O2. The first kappa shape index (κ1) is 22.6. The lowest BCUT2D eigenvalue weighted by Crippen LogP contribution is -2.36. The van der Waals surface area contributed by atoms with Gasteiger partial charge < -0.3 is 20.9 Å². The quantitative estimate of drug-likeness (QED) is 0.487. The Hall–Kier alpha value is -3.13. The zero-order valence-electron chi connectivity index (χ0n) is 17.1. The molecular weight excluding hydrogens is 413 g/mol. The van der Waals surface area contributed by atoms with Crippen LogP contribution in [0.5, 0.6) is 0 Å². The summed E-state index contributed by atoms with van der Waals surface area (Å²) in [5.41, 5.74) is -1.73. The van der Waals surface area contributed by atoms with Gasteiger partial charge in [0.05, 0.1) is 17.4 Å². The molecule has 0 amide bonds. The molecule has 1 fully saturated rings. The number of halogens is 3. The van der Waals surface area contributed by atoms with Gasteiger partial charge in [0.1, 0.15) is 17.5 Å². The Bertz CT molecular complexity index is 994. The van der Waals surface area contributed by atoms with E-state index in [1.54, 1.807) is 6.92 Å². The number of nitriles is 1. The van der Waals surface area contributed by atoms with Crippen molar-refractivity contribution in [1.29, 1.82) is 5.26 Å². The fourth-order valence-electron chi connectivity index (χ4n) is 3.49. The number of hydrogen-bond acceptors (Lipinski definition) is 7. The third kappa shape index (κ3) is 5.52. The van der Waals surface area contributed by atoms with Crippen LogP contribution >= 0.6 is 0 Å². The van der Waals surface area contributed by atoms with Gasteiger partial charge in [-0.25, -0.2) is 4.98 Å². The predicted molar refractivity (Wildman–Crippen MR) is 106 cm³/mol. The summed E-state index contributed by atoms with van der Waals surface area (Å²) < 4.78 is 40.4. The Morgan fingerprint density at radius 3 is 2.68 bits per heavy atom. The highest BCUT2D eigenvalue weighted by atomic mass is 19.4. The lowest BCUT2D eigenvalue weighted by Gasteiger charge is -2.33. The lowest BCUT2D eigenvalue weighted by atomic mass is 9.83. The van der Waals surface area contributed by atoms with Gasteiger partial charge in [0.25, 0.3) is 0 Å². The Kier molecular flexibility index (Phi) is 6.22. The summed E-state index contributed by atoms with van der Waals surface area (Å²) in [4.78, 5) is 8.22. The second kappa shape index (κ2) is 8.55. The van der Waals surface area contributed by atoms with Gasteiger partial charge in [-0.15, -0.1) is 0 Å². The van der Waals surface area contributed by atoms with Gasteiger partial charge in [-0.1, -0.05) is 0 Å². The first-order chi connectivity index (χ1) is 14.5. The summed E-state index contributed by atoms with van der Waals surface area (Å²) in [5.74, 6) is 0.292. The van der Waals surface area contributed by atoms with Crippen LogP contribution < -0.4 is 15.4 Å². The highest BCUT2D eigenvalue weighted by Gasteiger charge is 2.35. The molecule has 166 valence electrons.